The second-order valence-electron chi connectivity index (χ2n) is 4.98. The van der Waals surface area contributed by atoms with Crippen molar-refractivity contribution in [3.8, 4) is 0 Å². The molecule has 0 saturated heterocycles. The summed E-state index contributed by atoms with van der Waals surface area (Å²) in [5.74, 6) is 0. The van der Waals surface area contributed by atoms with Gasteiger partial charge in [-0.25, -0.2) is 0 Å². The van der Waals surface area contributed by atoms with E-state index in [9.17, 15) is 0 Å². The topological polar surface area (TPSA) is 47.1 Å². The molecule has 0 radical (unpaired) electrons. The SMILES string of the molecule is CCn1cc(C(CN)N(C)C2CCCC2)cn1. The largest absolute Gasteiger partial charge is 0.329 e. The van der Waals surface area contributed by atoms with Crippen LogP contribution < -0.4 is 5.73 Å². The molecule has 1 unspecified atom stereocenters. The van der Waals surface area contributed by atoms with Crippen LogP contribution >= 0.6 is 0 Å². The minimum atomic E-state index is 0.318. The maximum absolute atomic E-state index is 5.95. The first kappa shape index (κ1) is 12.6. The lowest BCUT2D eigenvalue weighted by atomic mass is 10.1. The van der Waals surface area contributed by atoms with Gasteiger partial charge in [-0.2, -0.15) is 5.10 Å². The van der Waals surface area contributed by atoms with E-state index in [1.807, 2.05) is 10.9 Å². The molecule has 0 spiro atoms. The molecule has 1 fully saturated rings. The zero-order chi connectivity index (χ0) is 12.3. The van der Waals surface area contributed by atoms with Crippen molar-refractivity contribution in [2.45, 2.75) is 51.2 Å². The summed E-state index contributed by atoms with van der Waals surface area (Å²) in [5.41, 5.74) is 7.20. The molecule has 0 amide bonds. The lowest BCUT2D eigenvalue weighted by Crippen LogP contribution is -2.37. The van der Waals surface area contributed by atoms with Gasteiger partial charge in [0.1, 0.15) is 0 Å². The quantitative estimate of drug-likeness (QED) is 0.847. The predicted molar refractivity (Wildman–Crippen MR) is 69.7 cm³/mol. The van der Waals surface area contributed by atoms with Gasteiger partial charge < -0.3 is 5.73 Å². The molecule has 17 heavy (non-hydrogen) atoms. The fourth-order valence-electron chi connectivity index (χ4n) is 2.83. The summed E-state index contributed by atoms with van der Waals surface area (Å²) in [7, 11) is 2.21. The van der Waals surface area contributed by atoms with Crippen LogP contribution in [-0.4, -0.2) is 34.3 Å². The van der Waals surface area contributed by atoms with Crippen molar-refractivity contribution >= 4 is 0 Å². The van der Waals surface area contributed by atoms with Gasteiger partial charge in [0.25, 0.3) is 0 Å². The van der Waals surface area contributed by atoms with E-state index >= 15 is 0 Å². The van der Waals surface area contributed by atoms with E-state index < -0.39 is 0 Å². The summed E-state index contributed by atoms with van der Waals surface area (Å²) in [4.78, 5) is 2.45. The van der Waals surface area contributed by atoms with Crippen molar-refractivity contribution in [1.82, 2.24) is 14.7 Å². The van der Waals surface area contributed by atoms with Crippen molar-refractivity contribution in [1.29, 1.82) is 0 Å². The van der Waals surface area contributed by atoms with Crippen LogP contribution in [0, 0.1) is 0 Å². The monoisotopic (exact) mass is 236 g/mol. The van der Waals surface area contributed by atoms with Crippen molar-refractivity contribution in [2.75, 3.05) is 13.6 Å². The number of likely N-dealkylation sites (N-methyl/N-ethyl adjacent to an activating group) is 1. The van der Waals surface area contributed by atoms with Gasteiger partial charge in [-0.1, -0.05) is 12.8 Å². The van der Waals surface area contributed by atoms with E-state index in [1.165, 1.54) is 31.2 Å². The van der Waals surface area contributed by atoms with Crippen LogP contribution in [0.5, 0.6) is 0 Å². The van der Waals surface area contributed by atoms with E-state index in [1.54, 1.807) is 0 Å². The molecule has 96 valence electrons. The average molecular weight is 236 g/mol. The normalized spacial score (nSPS) is 19.1. The Kier molecular flexibility index (Phi) is 4.18. The predicted octanol–water partition coefficient (Wildman–Crippen LogP) is 1.78. The Morgan fingerprint density at radius 2 is 2.24 bits per heavy atom. The van der Waals surface area contributed by atoms with Gasteiger partial charge in [0, 0.05) is 30.9 Å². The standard InChI is InChI=1S/C13H24N4/c1-3-17-10-11(9-15-17)13(8-14)16(2)12-6-4-5-7-12/h9-10,12-13H,3-8,14H2,1-2H3. The van der Waals surface area contributed by atoms with E-state index in [-0.39, 0.29) is 0 Å². The Balaban J connectivity index is 2.08. The summed E-state index contributed by atoms with van der Waals surface area (Å²) in [6.07, 6.45) is 9.44. The molecular weight excluding hydrogens is 212 g/mol. The van der Waals surface area contributed by atoms with Crippen LogP contribution in [0.3, 0.4) is 0 Å². The van der Waals surface area contributed by atoms with Gasteiger partial charge in [0.15, 0.2) is 0 Å². The molecule has 4 heteroatoms. The highest BCUT2D eigenvalue weighted by Crippen LogP contribution is 2.28. The molecule has 1 heterocycles. The molecule has 2 rings (SSSR count). The van der Waals surface area contributed by atoms with Crippen LogP contribution in [0.1, 0.15) is 44.2 Å². The van der Waals surface area contributed by atoms with Crippen LogP contribution in [0.2, 0.25) is 0 Å². The van der Waals surface area contributed by atoms with Crippen LogP contribution in [0.15, 0.2) is 12.4 Å². The molecule has 1 aliphatic carbocycles. The van der Waals surface area contributed by atoms with Gasteiger partial charge in [-0.05, 0) is 26.8 Å². The summed E-state index contributed by atoms with van der Waals surface area (Å²) in [5, 5.41) is 4.35. The molecule has 1 saturated carbocycles. The number of rotatable bonds is 5. The second-order valence-corrected chi connectivity index (χ2v) is 4.98. The minimum absolute atomic E-state index is 0.318. The highest BCUT2D eigenvalue weighted by Gasteiger charge is 2.26. The highest BCUT2D eigenvalue weighted by atomic mass is 15.3. The number of nitrogens with zero attached hydrogens (tertiary/aromatic N) is 3. The first-order chi connectivity index (χ1) is 8.26. The van der Waals surface area contributed by atoms with Gasteiger partial charge in [0.2, 0.25) is 0 Å². The van der Waals surface area contributed by atoms with Crippen molar-refractivity contribution in [3.05, 3.63) is 18.0 Å². The van der Waals surface area contributed by atoms with Gasteiger partial charge in [0.05, 0.1) is 12.2 Å². The molecule has 0 aliphatic heterocycles. The molecule has 4 nitrogen and oxygen atoms in total. The Morgan fingerprint density at radius 1 is 1.53 bits per heavy atom. The highest BCUT2D eigenvalue weighted by molar-refractivity contribution is 5.11. The third-order valence-electron chi connectivity index (χ3n) is 3.98. The molecule has 1 aliphatic rings. The van der Waals surface area contributed by atoms with Crippen molar-refractivity contribution in [3.63, 3.8) is 0 Å². The Bertz CT molecular complexity index is 341. The summed E-state index contributed by atoms with van der Waals surface area (Å²) >= 11 is 0. The third kappa shape index (κ3) is 2.69. The zero-order valence-corrected chi connectivity index (χ0v) is 11.0. The minimum Gasteiger partial charge on any atom is -0.329 e. The van der Waals surface area contributed by atoms with Gasteiger partial charge >= 0.3 is 0 Å². The first-order valence-electron chi connectivity index (χ1n) is 6.70. The lowest BCUT2D eigenvalue weighted by molar-refractivity contribution is 0.179. The third-order valence-corrected chi connectivity index (χ3v) is 3.98. The fraction of sp³-hybridized carbons (Fsp3) is 0.769. The van der Waals surface area contributed by atoms with Crippen LogP contribution in [-0.2, 0) is 6.54 Å². The number of aromatic nitrogens is 2. The van der Waals surface area contributed by atoms with Crippen molar-refractivity contribution < 1.29 is 0 Å². The Labute approximate surface area is 104 Å². The molecular formula is C13H24N4. The van der Waals surface area contributed by atoms with Crippen LogP contribution in [0.4, 0.5) is 0 Å². The second kappa shape index (κ2) is 5.65. The maximum atomic E-state index is 5.95. The molecule has 0 aromatic carbocycles. The fourth-order valence-corrected chi connectivity index (χ4v) is 2.83. The smallest absolute Gasteiger partial charge is 0.0538 e. The van der Waals surface area contributed by atoms with Gasteiger partial charge in [-0.15, -0.1) is 0 Å². The summed E-state index contributed by atoms with van der Waals surface area (Å²) in [6.45, 7) is 3.70. The van der Waals surface area contributed by atoms with E-state index in [4.69, 9.17) is 5.73 Å². The number of aryl methyl sites for hydroxylation is 1. The van der Waals surface area contributed by atoms with E-state index in [0.717, 1.165) is 6.54 Å². The summed E-state index contributed by atoms with van der Waals surface area (Å²) < 4.78 is 1.97. The molecule has 2 N–H and O–H groups in total. The van der Waals surface area contributed by atoms with Gasteiger partial charge in [-0.3, -0.25) is 9.58 Å². The number of nitrogens with two attached hydrogens (primary N) is 1. The Morgan fingerprint density at radius 3 is 2.76 bits per heavy atom. The van der Waals surface area contributed by atoms with E-state index in [0.29, 0.717) is 18.6 Å². The molecule has 0 bridgehead atoms. The number of hydrogen-bond donors (Lipinski definition) is 1. The maximum Gasteiger partial charge on any atom is 0.0538 e. The number of hydrogen-bond acceptors (Lipinski definition) is 3. The molecule has 1 atom stereocenters. The van der Waals surface area contributed by atoms with Crippen LogP contribution in [0.25, 0.3) is 0 Å². The lowest BCUT2D eigenvalue weighted by Gasteiger charge is -2.31. The first-order valence-corrected chi connectivity index (χ1v) is 6.70. The summed E-state index contributed by atoms with van der Waals surface area (Å²) in [6, 6.07) is 1.02. The van der Waals surface area contributed by atoms with Crippen molar-refractivity contribution in [2.24, 2.45) is 5.73 Å². The zero-order valence-electron chi connectivity index (χ0n) is 11.0. The average Bonchev–Trinajstić information content (AvgIpc) is 3.01. The van der Waals surface area contributed by atoms with E-state index in [2.05, 4.69) is 30.2 Å². The molecule has 1 aromatic heterocycles. The molecule has 1 aromatic rings. The Hall–Kier alpha value is -0.870.